The summed E-state index contributed by atoms with van der Waals surface area (Å²) in [4.78, 5) is 0. The van der Waals surface area contributed by atoms with Crippen LogP contribution in [0, 0.1) is 6.92 Å². The van der Waals surface area contributed by atoms with Gasteiger partial charge in [-0.3, -0.25) is 0 Å². The number of para-hydroxylation sites is 1. The first-order valence-corrected chi connectivity index (χ1v) is 8.92. The lowest BCUT2D eigenvalue weighted by molar-refractivity contribution is 0.665. The quantitative estimate of drug-likeness (QED) is 0.372. The molecule has 0 spiro atoms. The van der Waals surface area contributed by atoms with E-state index in [9.17, 15) is 0 Å². The standard InChI is InChI=1S/C24H19NO/c1-17-22-20-14-8-9-15-21(20)26-24(22)23(19-12-6-3-7-13-19)25(17)16-18-10-4-2-5-11-18/h2-15H,16H2,1H3. The molecular weight excluding hydrogens is 318 g/mol. The molecular formula is C24H19NO. The summed E-state index contributed by atoms with van der Waals surface area (Å²) < 4.78 is 8.70. The fraction of sp³-hybridized carbons (Fsp3) is 0.0833. The molecule has 0 amide bonds. The first kappa shape index (κ1) is 15.0. The van der Waals surface area contributed by atoms with Gasteiger partial charge in [-0.2, -0.15) is 0 Å². The van der Waals surface area contributed by atoms with Crippen molar-refractivity contribution in [1.82, 2.24) is 4.57 Å². The SMILES string of the molecule is Cc1c2c(oc3ccccc32)c(-c2ccccc2)n1Cc1ccccc1. The van der Waals surface area contributed by atoms with Gasteiger partial charge >= 0.3 is 0 Å². The Balaban J connectivity index is 1.84. The van der Waals surface area contributed by atoms with Gasteiger partial charge in [0.05, 0.1) is 5.69 Å². The summed E-state index contributed by atoms with van der Waals surface area (Å²) in [7, 11) is 0. The van der Waals surface area contributed by atoms with Gasteiger partial charge in [0, 0.05) is 28.6 Å². The lowest BCUT2D eigenvalue weighted by atomic mass is 10.1. The number of fused-ring (bicyclic) bond motifs is 3. The molecule has 0 saturated heterocycles. The maximum Gasteiger partial charge on any atom is 0.161 e. The van der Waals surface area contributed by atoms with E-state index in [2.05, 4.69) is 84.3 Å². The zero-order valence-electron chi connectivity index (χ0n) is 14.6. The Labute approximate surface area is 152 Å². The highest BCUT2D eigenvalue weighted by atomic mass is 16.3. The summed E-state index contributed by atoms with van der Waals surface area (Å²) in [6.07, 6.45) is 0. The van der Waals surface area contributed by atoms with Gasteiger partial charge in [0.2, 0.25) is 0 Å². The van der Waals surface area contributed by atoms with Crippen molar-refractivity contribution in [2.75, 3.05) is 0 Å². The van der Waals surface area contributed by atoms with Crippen molar-refractivity contribution < 1.29 is 4.42 Å². The first-order valence-electron chi connectivity index (χ1n) is 8.92. The number of hydrogen-bond donors (Lipinski definition) is 0. The number of benzene rings is 3. The van der Waals surface area contributed by atoms with Crippen LogP contribution in [0.2, 0.25) is 0 Å². The minimum atomic E-state index is 0.829. The topological polar surface area (TPSA) is 18.1 Å². The van der Waals surface area contributed by atoms with Crippen LogP contribution in [0.1, 0.15) is 11.3 Å². The molecule has 0 aliphatic rings. The van der Waals surface area contributed by atoms with Crippen LogP contribution in [0.5, 0.6) is 0 Å². The molecule has 0 aliphatic carbocycles. The third kappa shape index (κ3) is 2.26. The summed E-state index contributed by atoms with van der Waals surface area (Å²) in [5, 5.41) is 2.40. The minimum Gasteiger partial charge on any atom is -0.454 e. The average Bonchev–Trinajstić information content (AvgIpc) is 3.19. The second-order valence-electron chi connectivity index (χ2n) is 6.67. The molecule has 0 bridgehead atoms. The minimum absolute atomic E-state index is 0.829. The van der Waals surface area contributed by atoms with E-state index in [-0.39, 0.29) is 0 Å². The molecule has 2 heterocycles. The van der Waals surface area contributed by atoms with Crippen LogP contribution in [0.25, 0.3) is 33.2 Å². The maximum atomic E-state index is 6.32. The zero-order valence-corrected chi connectivity index (χ0v) is 14.6. The van der Waals surface area contributed by atoms with Gasteiger partial charge in [-0.15, -0.1) is 0 Å². The zero-order chi connectivity index (χ0) is 17.5. The normalized spacial score (nSPS) is 11.4. The number of hydrogen-bond acceptors (Lipinski definition) is 1. The molecule has 0 N–H and O–H groups in total. The lowest BCUT2D eigenvalue weighted by Gasteiger charge is -2.12. The van der Waals surface area contributed by atoms with Gasteiger partial charge in [0.1, 0.15) is 5.58 Å². The number of aryl methyl sites for hydroxylation is 1. The highest BCUT2D eigenvalue weighted by Gasteiger charge is 2.21. The highest BCUT2D eigenvalue weighted by Crippen LogP contribution is 2.40. The number of nitrogens with zero attached hydrogens (tertiary/aromatic N) is 1. The van der Waals surface area contributed by atoms with Crippen LogP contribution in [0.15, 0.2) is 89.3 Å². The van der Waals surface area contributed by atoms with Crippen molar-refractivity contribution in [1.29, 1.82) is 0 Å². The first-order chi connectivity index (χ1) is 12.8. The van der Waals surface area contributed by atoms with Gasteiger partial charge in [0.25, 0.3) is 0 Å². The Kier molecular flexibility index (Phi) is 3.42. The van der Waals surface area contributed by atoms with Crippen molar-refractivity contribution >= 4 is 21.9 Å². The fourth-order valence-electron chi connectivity index (χ4n) is 3.84. The molecule has 0 atom stereocenters. The molecule has 0 aliphatic heterocycles. The van der Waals surface area contributed by atoms with Crippen molar-refractivity contribution in [2.24, 2.45) is 0 Å². The molecule has 5 aromatic rings. The van der Waals surface area contributed by atoms with Crippen molar-refractivity contribution in [3.63, 3.8) is 0 Å². The predicted molar refractivity (Wildman–Crippen MR) is 107 cm³/mol. The number of aromatic nitrogens is 1. The summed E-state index contributed by atoms with van der Waals surface area (Å²) in [6.45, 7) is 3.02. The van der Waals surface area contributed by atoms with E-state index in [0.717, 1.165) is 23.4 Å². The van der Waals surface area contributed by atoms with E-state index in [1.807, 2.05) is 12.1 Å². The van der Waals surface area contributed by atoms with Crippen LogP contribution in [-0.2, 0) is 6.54 Å². The van der Waals surface area contributed by atoms with Gasteiger partial charge < -0.3 is 8.98 Å². The van der Waals surface area contributed by atoms with Crippen molar-refractivity contribution in [3.05, 3.63) is 96.2 Å². The summed E-state index contributed by atoms with van der Waals surface area (Å²) in [5.41, 5.74) is 6.79. The van der Waals surface area contributed by atoms with Crippen LogP contribution >= 0.6 is 0 Å². The van der Waals surface area contributed by atoms with E-state index in [1.54, 1.807) is 0 Å². The Morgan fingerprint density at radius 2 is 1.42 bits per heavy atom. The molecule has 2 nitrogen and oxygen atoms in total. The van der Waals surface area contributed by atoms with E-state index in [0.29, 0.717) is 0 Å². The summed E-state index contributed by atoms with van der Waals surface area (Å²) in [6, 6.07) is 29.4. The Morgan fingerprint density at radius 1 is 0.769 bits per heavy atom. The predicted octanol–water partition coefficient (Wildman–Crippen LogP) is 6.41. The monoisotopic (exact) mass is 337 g/mol. The Bertz CT molecular complexity index is 1200. The van der Waals surface area contributed by atoms with Gasteiger partial charge in [-0.25, -0.2) is 0 Å². The number of furan rings is 1. The van der Waals surface area contributed by atoms with E-state index in [4.69, 9.17) is 4.42 Å². The number of rotatable bonds is 3. The Hall–Kier alpha value is -3.26. The van der Waals surface area contributed by atoms with Crippen LogP contribution in [0.3, 0.4) is 0 Å². The van der Waals surface area contributed by atoms with Crippen molar-refractivity contribution in [3.8, 4) is 11.3 Å². The molecule has 0 fully saturated rings. The maximum absolute atomic E-state index is 6.32. The summed E-state index contributed by atoms with van der Waals surface area (Å²) >= 11 is 0. The second kappa shape index (κ2) is 5.92. The van der Waals surface area contributed by atoms with Gasteiger partial charge in [-0.05, 0) is 18.6 Å². The van der Waals surface area contributed by atoms with Crippen LogP contribution < -0.4 is 0 Å². The van der Waals surface area contributed by atoms with Crippen LogP contribution in [0.4, 0.5) is 0 Å². The highest BCUT2D eigenvalue weighted by molar-refractivity contribution is 6.11. The lowest BCUT2D eigenvalue weighted by Crippen LogP contribution is -2.03. The van der Waals surface area contributed by atoms with Gasteiger partial charge in [0.15, 0.2) is 5.58 Å². The second-order valence-corrected chi connectivity index (χ2v) is 6.67. The molecule has 3 aromatic carbocycles. The van der Waals surface area contributed by atoms with E-state index >= 15 is 0 Å². The van der Waals surface area contributed by atoms with Gasteiger partial charge in [-0.1, -0.05) is 78.9 Å². The fourth-order valence-corrected chi connectivity index (χ4v) is 3.84. The molecule has 5 rings (SSSR count). The van der Waals surface area contributed by atoms with Crippen molar-refractivity contribution in [2.45, 2.75) is 13.5 Å². The largest absolute Gasteiger partial charge is 0.454 e. The third-order valence-electron chi connectivity index (χ3n) is 5.08. The molecule has 0 radical (unpaired) electrons. The molecule has 26 heavy (non-hydrogen) atoms. The molecule has 0 unspecified atom stereocenters. The molecule has 0 saturated carbocycles. The average molecular weight is 337 g/mol. The summed E-state index contributed by atoms with van der Waals surface area (Å²) in [5.74, 6) is 0. The molecule has 2 heteroatoms. The van der Waals surface area contributed by atoms with Crippen LogP contribution in [-0.4, -0.2) is 4.57 Å². The van der Waals surface area contributed by atoms with E-state index in [1.165, 1.54) is 27.6 Å². The smallest absolute Gasteiger partial charge is 0.161 e. The van der Waals surface area contributed by atoms with E-state index < -0.39 is 0 Å². The molecule has 2 aromatic heterocycles. The Morgan fingerprint density at radius 3 is 2.19 bits per heavy atom. The third-order valence-corrected chi connectivity index (χ3v) is 5.08. The molecule has 126 valence electrons.